The summed E-state index contributed by atoms with van der Waals surface area (Å²) < 4.78 is 43.4. The zero-order valence-electron chi connectivity index (χ0n) is 30.9. The first-order chi connectivity index (χ1) is 27.1. The first-order valence-electron chi connectivity index (χ1n) is 18.4. The average Bonchev–Trinajstić information content (AvgIpc) is 3.54. The lowest BCUT2D eigenvalue weighted by Crippen LogP contribution is -2.04. The molecule has 0 radical (unpaired) electrons. The predicted octanol–water partition coefficient (Wildman–Crippen LogP) is 13.2. The minimum Gasteiger partial charge on any atom is -0.309 e. The summed E-state index contributed by atoms with van der Waals surface area (Å²) in [5.74, 6) is 1.38. The van der Waals surface area contributed by atoms with E-state index in [1.807, 2.05) is 84.9 Å². The highest BCUT2D eigenvalue weighted by Gasteiger charge is 2.30. The molecule has 0 N–H and O–H groups in total. The monoisotopic (exact) mass is 736 g/mol. The van der Waals surface area contributed by atoms with Crippen molar-refractivity contribution in [3.63, 3.8) is 0 Å². The van der Waals surface area contributed by atoms with Gasteiger partial charge in [-0.25, -0.2) is 15.0 Å². The van der Waals surface area contributed by atoms with Crippen LogP contribution in [0.1, 0.15) is 22.3 Å². The van der Waals surface area contributed by atoms with Gasteiger partial charge in [0.1, 0.15) is 0 Å². The molecule has 0 saturated carbocycles. The Labute approximate surface area is 322 Å². The molecule has 0 aliphatic rings. The van der Waals surface area contributed by atoms with Crippen molar-refractivity contribution in [3.05, 3.63) is 180 Å². The fourth-order valence-corrected chi connectivity index (χ4v) is 7.92. The number of fused-ring (bicyclic) bond motifs is 3. The molecule has 0 fully saturated rings. The number of rotatable bonds is 6. The summed E-state index contributed by atoms with van der Waals surface area (Å²) in [6.07, 6.45) is -4.46. The number of hydrogen-bond acceptors (Lipinski definition) is 3. The Morgan fingerprint density at radius 3 is 1.62 bits per heavy atom. The highest BCUT2D eigenvalue weighted by Crippen LogP contribution is 2.40. The van der Waals surface area contributed by atoms with E-state index >= 15 is 0 Å². The number of para-hydroxylation sites is 1. The maximum Gasteiger partial charge on any atom is 0.416 e. The Balaban J connectivity index is 1.32. The summed E-state index contributed by atoms with van der Waals surface area (Å²) in [6.45, 7) is 6.43. The number of nitrogens with zero attached hydrogens (tertiary/aromatic N) is 4. The van der Waals surface area contributed by atoms with Crippen LogP contribution in [0.15, 0.2) is 158 Å². The smallest absolute Gasteiger partial charge is 0.309 e. The highest BCUT2D eigenvalue weighted by molar-refractivity contribution is 6.10. The summed E-state index contributed by atoms with van der Waals surface area (Å²) in [4.78, 5) is 15.0. The summed E-state index contributed by atoms with van der Waals surface area (Å²) in [6, 6.07) is 50.2. The number of halogens is 3. The molecule has 7 aromatic carbocycles. The molecule has 0 atom stereocenters. The third-order valence-electron chi connectivity index (χ3n) is 10.4. The molecular weight excluding hydrogens is 702 g/mol. The normalized spacial score (nSPS) is 11.8. The number of aromatic nitrogens is 4. The Morgan fingerprint density at radius 2 is 1.00 bits per heavy atom. The van der Waals surface area contributed by atoms with Gasteiger partial charge in [-0.15, -0.1) is 0 Å². The molecule has 0 amide bonds. The van der Waals surface area contributed by atoms with Gasteiger partial charge in [0.05, 0.1) is 16.6 Å². The van der Waals surface area contributed by atoms with Crippen LogP contribution in [0, 0.1) is 20.8 Å². The van der Waals surface area contributed by atoms with E-state index in [0.717, 1.165) is 56.3 Å². The predicted molar refractivity (Wildman–Crippen MR) is 221 cm³/mol. The molecule has 0 spiro atoms. The van der Waals surface area contributed by atoms with Crippen molar-refractivity contribution in [2.24, 2.45) is 0 Å². The van der Waals surface area contributed by atoms with Gasteiger partial charge in [-0.2, -0.15) is 13.2 Å². The Bertz CT molecular complexity index is 2830. The van der Waals surface area contributed by atoms with E-state index in [4.69, 9.17) is 15.0 Å². The minimum absolute atomic E-state index is 0.404. The van der Waals surface area contributed by atoms with Crippen LogP contribution in [0.2, 0.25) is 0 Å². The van der Waals surface area contributed by atoms with Crippen LogP contribution in [0.3, 0.4) is 0 Å². The molecular formula is C49H35F3N4. The summed E-state index contributed by atoms with van der Waals surface area (Å²) in [5.41, 5.74) is 11.8. The van der Waals surface area contributed by atoms with Crippen LogP contribution in [-0.4, -0.2) is 19.5 Å². The molecule has 0 saturated heterocycles. The average molecular weight is 737 g/mol. The molecule has 9 rings (SSSR count). The molecule has 272 valence electrons. The number of hydrogen-bond donors (Lipinski definition) is 0. The van der Waals surface area contributed by atoms with Gasteiger partial charge in [-0.3, -0.25) is 0 Å². The maximum absolute atomic E-state index is 13.7. The zero-order valence-corrected chi connectivity index (χ0v) is 30.9. The number of benzene rings is 7. The van der Waals surface area contributed by atoms with E-state index in [-0.39, 0.29) is 0 Å². The summed E-state index contributed by atoms with van der Waals surface area (Å²) >= 11 is 0. The summed E-state index contributed by atoms with van der Waals surface area (Å²) in [7, 11) is 0. The minimum atomic E-state index is -4.46. The fourth-order valence-electron chi connectivity index (χ4n) is 7.92. The van der Waals surface area contributed by atoms with E-state index in [2.05, 4.69) is 73.9 Å². The third kappa shape index (κ3) is 6.31. The van der Waals surface area contributed by atoms with Crippen LogP contribution < -0.4 is 0 Å². The largest absolute Gasteiger partial charge is 0.416 e. The van der Waals surface area contributed by atoms with Crippen molar-refractivity contribution in [1.29, 1.82) is 0 Å². The first kappa shape index (κ1) is 34.9. The SMILES string of the molecule is Cc1cc(C)c(-c2ccc3c4ccccc4n(-c4ccc(-c5ccc(C(F)(F)F)cc5)c(-c5nc(-c6ccccc6)nc(-c6ccccc6)n5)c4)c3c2)c(C)c1. The van der Waals surface area contributed by atoms with Gasteiger partial charge in [0.25, 0.3) is 0 Å². The second-order valence-electron chi connectivity index (χ2n) is 14.2. The van der Waals surface area contributed by atoms with Crippen molar-refractivity contribution in [1.82, 2.24) is 19.5 Å². The molecule has 56 heavy (non-hydrogen) atoms. The van der Waals surface area contributed by atoms with E-state index in [1.165, 1.54) is 34.4 Å². The van der Waals surface area contributed by atoms with E-state index in [9.17, 15) is 13.2 Å². The lowest BCUT2D eigenvalue weighted by molar-refractivity contribution is -0.137. The second kappa shape index (κ2) is 13.8. The van der Waals surface area contributed by atoms with Crippen LogP contribution in [0.25, 0.3) is 83.9 Å². The molecule has 0 aliphatic heterocycles. The lowest BCUT2D eigenvalue weighted by Gasteiger charge is -2.16. The molecule has 2 aromatic heterocycles. The quantitative estimate of drug-likeness (QED) is 0.171. The van der Waals surface area contributed by atoms with Crippen molar-refractivity contribution in [2.45, 2.75) is 26.9 Å². The van der Waals surface area contributed by atoms with Gasteiger partial charge in [0.2, 0.25) is 0 Å². The van der Waals surface area contributed by atoms with Gasteiger partial charge in [-0.05, 0) is 90.6 Å². The van der Waals surface area contributed by atoms with Gasteiger partial charge in [0.15, 0.2) is 17.5 Å². The molecule has 9 aromatic rings. The van der Waals surface area contributed by atoms with Crippen LogP contribution >= 0.6 is 0 Å². The number of aryl methyl sites for hydroxylation is 3. The maximum atomic E-state index is 13.7. The highest BCUT2D eigenvalue weighted by atomic mass is 19.4. The van der Waals surface area contributed by atoms with E-state index < -0.39 is 11.7 Å². The third-order valence-corrected chi connectivity index (χ3v) is 10.4. The van der Waals surface area contributed by atoms with Gasteiger partial charge < -0.3 is 4.57 Å². The van der Waals surface area contributed by atoms with E-state index in [1.54, 1.807) is 0 Å². The Hall–Kier alpha value is -6.86. The van der Waals surface area contributed by atoms with Crippen LogP contribution in [0.4, 0.5) is 13.2 Å². The summed E-state index contributed by atoms with van der Waals surface area (Å²) in [5, 5.41) is 2.22. The molecule has 7 heteroatoms. The molecule has 4 nitrogen and oxygen atoms in total. The second-order valence-corrected chi connectivity index (χ2v) is 14.2. The van der Waals surface area contributed by atoms with E-state index in [0.29, 0.717) is 34.2 Å². The fraction of sp³-hybridized carbons (Fsp3) is 0.0816. The van der Waals surface area contributed by atoms with Crippen LogP contribution in [0.5, 0.6) is 0 Å². The van der Waals surface area contributed by atoms with Gasteiger partial charge in [0, 0.05) is 33.2 Å². The molecule has 0 aliphatic carbocycles. The van der Waals surface area contributed by atoms with Gasteiger partial charge in [-0.1, -0.05) is 127 Å². The van der Waals surface area contributed by atoms with Crippen molar-refractivity contribution in [2.75, 3.05) is 0 Å². The van der Waals surface area contributed by atoms with Crippen molar-refractivity contribution < 1.29 is 13.2 Å². The van der Waals surface area contributed by atoms with Gasteiger partial charge >= 0.3 is 6.18 Å². The molecule has 2 heterocycles. The number of alkyl halides is 3. The first-order valence-corrected chi connectivity index (χ1v) is 18.4. The Kier molecular flexibility index (Phi) is 8.58. The van der Waals surface area contributed by atoms with Crippen LogP contribution in [-0.2, 0) is 6.18 Å². The molecule has 0 unspecified atom stereocenters. The topological polar surface area (TPSA) is 43.6 Å². The lowest BCUT2D eigenvalue weighted by atomic mass is 9.93. The van der Waals surface area contributed by atoms with Crippen molar-refractivity contribution >= 4 is 21.8 Å². The molecule has 0 bridgehead atoms. The standard InChI is InChI=1S/C49H35F3N4/c1-30-26-31(2)45(32(3)27-30)36-20-24-41-40-16-10-11-17-43(40)56(44(41)28-36)38-23-25-39(33-18-21-37(22-19-33)49(50,51)52)42(29-38)48-54-46(34-12-6-4-7-13-34)53-47(55-48)35-14-8-5-9-15-35/h4-29H,1-3H3. The Morgan fingerprint density at radius 1 is 0.446 bits per heavy atom. The zero-order chi connectivity index (χ0) is 38.6. The van der Waals surface area contributed by atoms with Crippen molar-refractivity contribution in [3.8, 4) is 62.1 Å².